The summed E-state index contributed by atoms with van der Waals surface area (Å²) in [5.74, 6) is -0.584. The van der Waals surface area contributed by atoms with Crippen molar-refractivity contribution < 1.29 is 26.3 Å². The van der Waals surface area contributed by atoms with E-state index in [-0.39, 0.29) is 23.8 Å². The highest BCUT2D eigenvalue weighted by Crippen LogP contribution is 2.25. The van der Waals surface area contributed by atoms with Gasteiger partial charge in [-0.15, -0.1) is 25.6 Å². The number of hydrogen-bond acceptors (Lipinski definition) is 4. The Labute approximate surface area is 155 Å². The van der Waals surface area contributed by atoms with Gasteiger partial charge in [-0.25, -0.2) is 13.1 Å². The Morgan fingerprint density at radius 3 is 2.54 bits per heavy atom. The van der Waals surface area contributed by atoms with E-state index < -0.39 is 22.1 Å². The van der Waals surface area contributed by atoms with Gasteiger partial charge < -0.3 is 10.1 Å². The first-order valence-electron chi connectivity index (χ1n) is 7.40. The lowest BCUT2D eigenvalue weighted by Crippen LogP contribution is -2.23. The smallest absolute Gasteiger partial charge is 0.406 e. The Morgan fingerprint density at radius 1 is 1.08 bits per heavy atom. The standard InChI is InChI=1S/C16H15F3N2O3S.ClH/c17-16(18,19)24-14-2-1-3-15(7-14)25(22,23)21-8-11-4-5-12-9-20-10-13(12)6-11;/h1-7,20-21H,8-10H2;1H. The average Bonchev–Trinajstić information content (AvgIpc) is 2.99. The van der Waals surface area contributed by atoms with E-state index in [1.807, 2.05) is 18.2 Å². The zero-order chi connectivity index (χ0) is 18.1. The summed E-state index contributed by atoms with van der Waals surface area (Å²) in [7, 11) is -3.96. The molecule has 0 bridgehead atoms. The molecule has 0 saturated carbocycles. The quantitative estimate of drug-likeness (QED) is 0.797. The monoisotopic (exact) mass is 408 g/mol. The predicted molar refractivity (Wildman–Crippen MR) is 91.4 cm³/mol. The number of ether oxygens (including phenoxy) is 1. The summed E-state index contributed by atoms with van der Waals surface area (Å²) in [5, 5.41) is 3.19. The van der Waals surface area contributed by atoms with E-state index in [1.54, 1.807) is 0 Å². The summed E-state index contributed by atoms with van der Waals surface area (Å²) < 4.78 is 67.5. The van der Waals surface area contributed by atoms with Gasteiger partial charge in [0.25, 0.3) is 0 Å². The molecular formula is C16H16ClF3N2O3S. The molecule has 0 amide bonds. The maximum Gasteiger partial charge on any atom is 0.573 e. The Morgan fingerprint density at radius 2 is 1.81 bits per heavy atom. The Kier molecular flexibility index (Phi) is 6.17. The van der Waals surface area contributed by atoms with E-state index in [0.29, 0.717) is 0 Å². The summed E-state index contributed by atoms with van der Waals surface area (Å²) >= 11 is 0. The number of nitrogens with one attached hydrogen (secondary N) is 2. The van der Waals surface area contributed by atoms with Crippen LogP contribution in [0, 0.1) is 0 Å². The van der Waals surface area contributed by atoms with Crippen LogP contribution in [-0.4, -0.2) is 14.8 Å². The molecule has 0 radical (unpaired) electrons. The van der Waals surface area contributed by atoms with Crippen molar-refractivity contribution in [2.45, 2.75) is 30.9 Å². The fourth-order valence-electron chi connectivity index (χ4n) is 2.56. The molecule has 0 saturated heterocycles. The summed E-state index contributed by atoms with van der Waals surface area (Å²) in [4.78, 5) is -0.294. The Balaban J connectivity index is 0.00000243. The van der Waals surface area contributed by atoms with Crippen molar-refractivity contribution in [1.29, 1.82) is 0 Å². The zero-order valence-corrected chi connectivity index (χ0v) is 15.0. The van der Waals surface area contributed by atoms with Crippen molar-refractivity contribution >= 4 is 22.4 Å². The second kappa shape index (κ2) is 7.83. The van der Waals surface area contributed by atoms with E-state index in [2.05, 4.69) is 14.8 Å². The molecule has 0 fully saturated rings. The molecule has 0 unspecified atom stereocenters. The van der Waals surface area contributed by atoms with Crippen LogP contribution in [0.15, 0.2) is 47.4 Å². The Hall–Kier alpha value is -1.81. The van der Waals surface area contributed by atoms with Gasteiger partial charge in [-0.05, 0) is 28.8 Å². The highest BCUT2D eigenvalue weighted by atomic mass is 35.5. The molecule has 3 rings (SSSR count). The average molecular weight is 409 g/mol. The van der Waals surface area contributed by atoms with Gasteiger partial charge in [-0.3, -0.25) is 0 Å². The van der Waals surface area contributed by atoms with Gasteiger partial charge in [0.15, 0.2) is 0 Å². The van der Waals surface area contributed by atoms with Crippen molar-refractivity contribution in [1.82, 2.24) is 10.0 Å². The molecule has 0 spiro atoms. The third kappa shape index (κ3) is 5.10. The summed E-state index contributed by atoms with van der Waals surface area (Å²) in [6.45, 7) is 1.56. The van der Waals surface area contributed by atoms with Crippen LogP contribution in [0.5, 0.6) is 5.75 Å². The minimum Gasteiger partial charge on any atom is -0.406 e. The maximum absolute atomic E-state index is 12.3. The number of sulfonamides is 1. The van der Waals surface area contributed by atoms with Crippen LogP contribution in [0.1, 0.15) is 16.7 Å². The second-order valence-corrected chi connectivity index (χ2v) is 7.32. The number of hydrogen-bond donors (Lipinski definition) is 2. The molecule has 1 aliphatic heterocycles. The van der Waals surface area contributed by atoms with E-state index in [0.717, 1.165) is 36.3 Å². The Bertz CT molecular complexity index is 889. The number of fused-ring (bicyclic) bond motifs is 1. The number of alkyl halides is 3. The lowest BCUT2D eigenvalue weighted by molar-refractivity contribution is -0.274. The van der Waals surface area contributed by atoms with Gasteiger partial charge >= 0.3 is 6.36 Å². The first-order valence-corrected chi connectivity index (χ1v) is 8.88. The van der Waals surface area contributed by atoms with E-state index in [4.69, 9.17) is 0 Å². The van der Waals surface area contributed by atoms with Crippen LogP contribution < -0.4 is 14.8 Å². The molecule has 10 heteroatoms. The van der Waals surface area contributed by atoms with Gasteiger partial charge in [0, 0.05) is 25.7 Å². The number of benzene rings is 2. The largest absolute Gasteiger partial charge is 0.573 e. The molecule has 1 aliphatic rings. The van der Waals surface area contributed by atoms with Crippen molar-refractivity contribution in [3.05, 3.63) is 59.2 Å². The van der Waals surface area contributed by atoms with Gasteiger partial charge in [-0.1, -0.05) is 24.3 Å². The van der Waals surface area contributed by atoms with E-state index in [1.165, 1.54) is 17.7 Å². The van der Waals surface area contributed by atoms with Crippen LogP contribution in [0.3, 0.4) is 0 Å². The fraction of sp³-hybridized carbons (Fsp3) is 0.250. The predicted octanol–water partition coefficient (Wildman–Crippen LogP) is 3.09. The van der Waals surface area contributed by atoms with Gasteiger partial charge in [0.2, 0.25) is 10.0 Å². The van der Waals surface area contributed by atoms with E-state index >= 15 is 0 Å². The minimum absolute atomic E-state index is 0. The summed E-state index contributed by atoms with van der Waals surface area (Å²) in [6, 6.07) is 9.92. The van der Waals surface area contributed by atoms with Crippen LogP contribution >= 0.6 is 12.4 Å². The first-order chi connectivity index (χ1) is 11.7. The molecule has 2 aromatic rings. The molecule has 0 aliphatic carbocycles. The maximum atomic E-state index is 12.3. The zero-order valence-electron chi connectivity index (χ0n) is 13.3. The molecular weight excluding hydrogens is 393 g/mol. The molecule has 2 aromatic carbocycles. The highest BCUT2D eigenvalue weighted by molar-refractivity contribution is 7.89. The second-order valence-electron chi connectivity index (χ2n) is 5.55. The highest BCUT2D eigenvalue weighted by Gasteiger charge is 2.31. The summed E-state index contributed by atoms with van der Waals surface area (Å²) in [6.07, 6.45) is -4.88. The van der Waals surface area contributed by atoms with Crippen molar-refractivity contribution in [3.8, 4) is 5.75 Å². The molecule has 0 atom stereocenters. The number of halogens is 4. The van der Waals surface area contributed by atoms with Gasteiger partial charge in [0.1, 0.15) is 5.75 Å². The third-order valence-corrected chi connectivity index (χ3v) is 5.12. The molecule has 5 nitrogen and oxygen atoms in total. The topological polar surface area (TPSA) is 67.4 Å². The minimum atomic E-state index is -4.88. The summed E-state index contributed by atoms with van der Waals surface area (Å²) in [5.41, 5.74) is 3.05. The third-order valence-electron chi connectivity index (χ3n) is 3.72. The van der Waals surface area contributed by atoms with Crippen molar-refractivity contribution in [2.24, 2.45) is 0 Å². The molecule has 142 valence electrons. The number of rotatable bonds is 5. The fourth-order valence-corrected chi connectivity index (χ4v) is 3.61. The van der Waals surface area contributed by atoms with E-state index in [9.17, 15) is 21.6 Å². The molecule has 0 aromatic heterocycles. The van der Waals surface area contributed by atoms with Crippen LogP contribution in [-0.2, 0) is 29.7 Å². The van der Waals surface area contributed by atoms with Crippen LogP contribution in [0.25, 0.3) is 0 Å². The van der Waals surface area contributed by atoms with Gasteiger partial charge in [-0.2, -0.15) is 0 Å². The SMILES string of the molecule is Cl.O=S(=O)(NCc1ccc2c(c1)CNC2)c1cccc(OC(F)(F)F)c1. The molecule has 1 heterocycles. The first kappa shape index (κ1) is 20.5. The van der Waals surface area contributed by atoms with Crippen molar-refractivity contribution in [3.63, 3.8) is 0 Å². The normalized spacial score (nSPS) is 13.8. The lowest BCUT2D eigenvalue weighted by Gasteiger charge is -2.11. The van der Waals surface area contributed by atoms with Gasteiger partial charge in [0.05, 0.1) is 4.90 Å². The molecule has 26 heavy (non-hydrogen) atoms. The van der Waals surface area contributed by atoms with Crippen molar-refractivity contribution in [2.75, 3.05) is 0 Å². The van der Waals surface area contributed by atoms with Crippen LogP contribution in [0.2, 0.25) is 0 Å². The van der Waals surface area contributed by atoms with Crippen LogP contribution in [0.4, 0.5) is 13.2 Å². The molecule has 2 N–H and O–H groups in total. The lowest BCUT2D eigenvalue weighted by atomic mass is 10.1.